The number of methoxy groups -OCH3 is 1. The molecule has 2 fully saturated rings. The molecule has 1 N–H and O–H groups in total. The second-order valence-corrected chi connectivity index (χ2v) is 6.67. The molecule has 0 spiro atoms. The van der Waals surface area contributed by atoms with E-state index in [-0.39, 0.29) is 6.04 Å². The average molecular weight is 300 g/mol. The van der Waals surface area contributed by atoms with Gasteiger partial charge in [0, 0.05) is 25.7 Å². The number of esters is 1. The van der Waals surface area contributed by atoms with E-state index in [0.717, 1.165) is 0 Å². The molecule has 21 heavy (non-hydrogen) atoms. The van der Waals surface area contributed by atoms with Crippen molar-refractivity contribution < 1.29 is 24.2 Å². The van der Waals surface area contributed by atoms with Gasteiger partial charge in [-0.25, -0.2) is 9.59 Å². The Morgan fingerprint density at radius 2 is 1.86 bits per heavy atom. The number of hydrogen-bond acceptors (Lipinski definition) is 6. The molecule has 2 heterocycles. The largest absolute Gasteiger partial charge is 0.467 e. The minimum absolute atomic E-state index is 0.0634. The fraction of sp³-hybridized carbons (Fsp3) is 0.857. The number of ether oxygens (including phenoxy) is 2. The molecule has 0 aromatic heterocycles. The SMILES string of the molecule is COC(=O)[C@@H]1CN2C[C@@H](O)C[C@@H]2CN1C(=O)OC(C)(C)C. The number of carbonyl (C=O) groups is 2. The summed E-state index contributed by atoms with van der Waals surface area (Å²) in [7, 11) is 1.31. The molecule has 7 nitrogen and oxygen atoms in total. The molecule has 0 unspecified atom stereocenters. The average Bonchev–Trinajstić information content (AvgIpc) is 2.73. The summed E-state index contributed by atoms with van der Waals surface area (Å²) in [4.78, 5) is 27.7. The fourth-order valence-electron chi connectivity index (χ4n) is 2.91. The van der Waals surface area contributed by atoms with Crippen LogP contribution >= 0.6 is 0 Å². The van der Waals surface area contributed by atoms with Crippen molar-refractivity contribution in [2.45, 2.75) is 51.0 Å². The Morgan fingerprint density at radius 1 is 1.19 bits per heavy atom. The summed E-state index contributed by atoms with van der Waals surface area (Å²) in [5.74, 6) is -0.458. The molecule has 120 valence electrons. The first kappa shape index (κ1) is 16.0. The fourth-order valence-corrected chi connectivity index (χ4v) is 2.91. The quantitative estimate of drug-likeness (QED) is 0.698. The lowest BCUT2D eigenvalue weighted by atomic mass is 10.1. The zero-order valence-electron chi connectivity index (χ0n) is 13.0. The Labute approximate surface area is 124 Å². The first-order valence-electron chi connectivity index (χ1n) is 7.21. The van der Waals surface area contributed by atoms with Crippen LogP contribution in [0.2, 0.25) is 0 Å². The zero-order chi connectivity index (χ0) is 15.8. The predicted octanol–water partition coefficient (Wildman–Crippen LogP) is 0.214. The van der Waals surface area contributed by atoms with Gasteiger partial charge in [0.15, 0.2) is 0 Å². The summed E-state index contributed by atoms with van der Waals surface area (Å²) in [5.41, 5.74) is -0.621. The highest BCUT2D eigenvalue weighted by Gasteiger charge is 2.45. The lowest BCUT2D eigenvalue weighted by Gasteiger charge is -2.42. The summed E-state index contributed by atoms with van der Waals surface area (Å²) in [6.07, 6.45) is -0.321. The normalized spacial score (nSPS) is 30.0. The Balaban J connectivity index is 2.15. The molecule has 3 atom stereocenters. The highest BCUT2D eigenvalue weighted by molar-refractivity contribution is 5.82. The molecule has 0 saturated carbocycles. The Morgan fingerprint density at radius 3 is 2.43 bits per heavy atom. The second kappa shape index (κ2) is 5.81. The van der Waals surface area contributed by atoms with Crippen LogP contribution in [0.4, 0.5) is 4.79 Å². The summed E-state index contributed by atoms with van der Waals surface area (Å²) in [5, 5.41) is 9.76. The number of fused-ring (bicyclic) bond motifs is 1. The minimum Gasteiger partial charge on any atom is -0.467 e. The maximum atomic E-state index is 12.3. The molecule has 2 rings (SSSR count). The highest BCUT2D eigenvalue weighted by Crippen LogP contribution is 2.26. The first-order valence-corrected chi connectivity index (χ1v) is 7.21. The number of nitrogens with zero attached hydrogens (tertiary/aromatic N) is 2. The van der Waals surface area contributed by atoms with E-state index in [4.69, 9.17) is 9.47 Å². The van der Waals surface area contributed by atoms with Crippen molar-refractivity contribution in [3.63, 3.8) is 0 Å². The monoisotopic (exact) mass is 300 g/mol. The van der Waals surface area contributed by atoms with Crippen LogP contribution < -0.4 is 0 Å². The molecular weight excluding hydrogens is 276 g/mol. The summed E-state index contributed by atoms with van der Waals surface area (Å²) in [6.45, 7) is 6.62. The number of hydrogen-bond donors (Lipinski definition) is 1. The van der Waals surface area contributed by atoms with Crippen molar-refractivity contribution in [2.24, 2.45) is 0 Å². The maximum absolute atomic E-state index is 12.3. The van der Waals surface area contributed by atoms with Crippen LogP contribution in [0.3, 0.4) is 0 Å². The number of piperazine rings is 1. The van der Waals surface area contributed by atoms with Gasteiger partial charge in [-0.15, -0.1) is 0 Å². The zero-order valence-corrected chi connectivity index (χ0v) is 13.0. The number of aliphatic hydroxyl groups is 1. The predicted molar refractivity (Wildman–Crippen MR) is 74.7 cm³/mol. The number of rotatable bonds is 1. The number of amides is 1. The van der Waals surface area contributed by atoms with Gasteiger partial charge in [-0.3, -0.25) is 9.80 Å². The van der Waals surface area contributed by atoms with Crippen LogP contribution in [0.5, 0.6) is 0 Å². The van der Waals surface area contributed by atoms with Gasteiger partial charge >= 0.3 is 12.1 Å². The third kappa shape index (κ3) is 3.65. The first-order chi connectivity index (χ1) is 9.71. The van der Waals surface area contributed by atoms with Crippen LogP contribution in [0.1, 0.15) is 27.2 Å². The van der Waals surface area contributed by atoms with Crippen LogP contribution in [0, 0.1) is 0 Å². The van der Waals surface area contributed by atoms with E-state index in [9.17, 15) is 14.7 Å². The smallest absolute Gasteiger partial charge is 0.411 e. The molecule has 0 aromatic carbocycles. The summed E-state index contributed by atoms with van der Waals surface area (Å²) in [6, 6.07) is -0.625. The molecule has 2 saturated heterocycles. The van der Waals surface area contributed by atoms with E-state index in [1.165, 1.54) is 12.0 Å². The van der Waals surface area contributed by atoms with Crippen LogP contribution in [0.15, 0.2) is 0 Å². The maximum Gasteiger partial charge on any atom is 0.411 e. The van der Waals surface area contributed by atoms with Crippen molar-refractivity contribution in [3.8, 4) is 0 Å². The van der Waals surface area contributed by atoms with E-state index < -0.39 is 29.8 Å². The van der Waals surface area contributed by atoms with Gasteiger partial charge in [0.1, 0.15) is 11.6 Å². The third-order valence-electron chi connectivity index (χ3n) is 3.80. The van der Waals surface area contributed by atoms with Gasteiger partial charge < -0.3 is 14.6 Å². The molecule has 2 aliphatic rings. The van der Waals surface area contributed by atoms with Crippen LogP contribution in [-0.2, 0) is 14.3 Å². The molecule has 0 radical (unpaired) electrons. The summed E-state index contributed by atoms with van der Waals surface area (Å²) >= 11 is 0. The van der Waals surface area contributed by atoms with Gasteiger partial charge in [-0.2, -0.15) is 0 Å². The Hall–Kier alpha value is -1.34. The lowest BCUT2D eigenvalue weighted by Crippen LogP contribution is -2.61. The highest BCUT2D eigenvalue weighted by atomic mass is 16.6. The topological polar surface area (TPSA) is 79.3 Å². The summed E-state index contributed by atoms with van der Waals surface area (Å²) < 4.78 is 10.2. The molecule has 7 heteroatoms. The van der Waals surface area contributed by atoms with E-state index in [2.05, 4.69) is 0 Å². The van der Waals surface area contributed by atoms with Crippen molar-refractivity contribution >= 4 is 12.1 Å². The van der Waals surface area contributed by atoms with Crippen molar-refractivity contribution in [3.05, 3.63) is 0 Å². The van der Waals surface area contributed by atoms with Gasteiger partial charge in [-0.05, 0) is 27.2 Å². The van der Waals surface area contributed by atoms with Crippen molar-refractivity contribution in [1.82, 2.24) is 9.80 Å². The number of aliphatic hydroxyl groups excluding tert-OH is 1. The molecule has 0 aromatic rings. The Bertz CT molecular complexity index is 420. The van der Waals surface area contributed by atoms with Crippen LogP contribution in [0.25, 0.3) is 0 Å². The van der Waals surface area contributed by atoms with Crippen molar-refractivity contribution in [1.29, 1.82) is 0 Å². The van der Waals surface area contributed by atoms with Gasteiger partial charge in [0.05, 0.1) is 13.2 Å². The van der Waals surface area contributed by atoms with E-state index in [1.807, 2.05) is 4.90 Å². The lowest BCUT2D eigenvalue weighted by molar-refractivity contribution is -0.149. The van der Waals surface area contributed by atoms with E-state index in [0.29, 0.717) is 26.1 Å². The molecule has 0 bridgehead atoms. The number of carbonyl (C=O) groups excluding carboxylic acids is 2. The van der Waals surface area contributed by atoms with Gasteiger partial charge in [0.2, 0.25) is 0 Å². The van der Waals surface area contributed by atoms with Crippen LogP contribution in [-0.4, -0.2) is 77.5 Å². The van der Waals surface area contributed by atoms with Crippen molar-refractivity contribution in [2.75, 3.05) is 26.7 Å². The van der Waals surface area contributed by atoms with Gasteiger partial charge in [-0.1, -0.05) is 0 Å². The Kier molecular flexibility index (Phi) is 4.43. The minimum atomic E-state index is -0.689. The van der Waals surface area contributed by atoms with Gasteiger partial charge in [0.25, 0.3) is 0 Å². The molecular formula is C14H24N2O5. The third-order valence-corrected chi connectivity index (χ3v) is 3.80. The van der Waals surface area contributed by atoms with E-state index in [1.54, 1.807) is 20.8 Å². The molecule has 2 aliphatic heterocycles. The molecule has 0 aliphatic carbocycles. The molecule has 1 amide bonds. The standard InChI is InChI=1S/C14H24N2O5/c1-14(2,3)21-13(19)16-6-9-5-10(17)7-15(9)8-11(16)12(18)20-4/h9-11,17H,5-8H2,1-4H3/t9-,10+,11+/m1/s1. The second-order valence-electron chi connectivity index (χ2n) is 6.67. The van der Waals surface area contributed by atoms with E-state index >= 15 is 0 Å².